The molecule has 0 heterocycles. The van der Waals surface area contributed by atoms with Gasteiger partial charge in [-0.05, 0) is 36.5 Å². The molecule has 1 aromatic carbocycles. The lowest BCUT2D eigenvalue weighted by Crippen LogP contribution is -2.55. The molecule has 1 aliphatic rings. The first-order valence-electron chi connectivity index (χ1n) is 10.3. The summed E-state index contributed by atoms with van der Waals surface area (Å²) in [5, 5.41) is 20.7. The monoisotopic (exact) mass is 420 g/mol. The Kier molecular flexibility index (Phi) is 7.64. The van der Waals surface area contributed by atoms with Crippen LogP contribution in [0.2, 0.25) is 0 Å². The van der Waals surface area contributed by atoms with Crippen molar-refractivity contribution in [3.05, 3.63) is 29.8 Å². The Bertz CT molecular complexity index is 764. The molecule has 7 nitrogen and oxygen atoms in total. The number of phenolic OH excluding ortho intramolecular Hbond substituents is 1. The summed E-state index contributed by atoms with van der Waals surface area (Å²) in [6, 6.07) is 5.91. The SMILES string of the molecule is CC(C)COC(=O)[C@@H]1C(=O)C[C@](C)(O)[C@@H](C(=O)OCC(C)C)[C@H]1c1ccc(O)cc1. The molecule has 0 aromatic heterocycles. The van der Waals surface area contributed by atoms with E-state index in [0.29, 0.717) is 5.56 Å². The summed E-state index contributed by atoms with van der Waals surface area (Å²) in [5.41, 5.74) is -1.22. The van der Waals surface area contributed by atoms with Crippen LogP contribution in [-0.2, 0) is 23.9 Å². The number of hydrogen-bond donors (Lipinski definition) is 2. The average Bonchev–Trinajstić information content (AvgIpc) is 2.63. The third kappa shape index (κ3) is 5.59. The van der Waals surface area contributed by atoms with Crippen molar-refractivity contribution in [1.29, 1.82) is 0 Å². The van der Waals surface area contributed by atoms with Gasteiger partial charge in [0.2, 0.25) is 0 Å². The van der Waals surface area contributed by atoms with Crippen molar-refractivity contribution in [3.63, 3.8) is 0 Å². The molecule has 0 aliphatic heterocycles. The largest absolute Gasteiger partial charge is 0.508 e. The third-order valence-corrected chi connectivity index (χ3v) is 5.17. The highest BCUT2D eigenvalue weighted by atomic mass is 16.5. The van der Waals surface area contributed by atoms with Crippen LogP contribution in [0, 0.1) is 23.7 Å². The zero-order valence-corrected chi connectivity index (χ0v) is 18.3. The number of aliphatic hydroxyl groups is 1. The molecule has 7 heteroatoms. The van der Waals surface area contributed by atoms with E-state index in [-0.39, 0.29) is 37.2 Å². The van der Waals surface area contributed by atoms with Crippen LogP contribution in [0.15, 0.2) is 24.3 Å². The Morgan fingerprint density at radius 2 is 1.53 bits per heavy atom. The number of rotatable bonds is 7. The first-order valence-corrected chi connectivity index (χ1v) is 10.3. The minimum absolute atomic E-state index is 0.00511. The minimum Gasteiger partial charge on any atom is -0.508 e. The molecule has 1 fully saturated rings. The normalized spacial score (nSPS) is 26.7. The number of phenols is 1. The molecule has 0 spiro atoms. The Labute approximate surface area is 177 Å². The van der Waals surface area contributed by atoms with Crippen molar-refractivity contribution < 1.29 is 34.1 Å². The van der Waals surface area contributed by atoms with Crippen molar-refractivity contribution in [1.82, 2.24) is 0 Å². The van der Waals surface area contributed by atoms with Gasteiger partial charge in [0.05, 0.1) is 24.7 Å². The van der Waals surface area contributed by atoms with E-state index < -0.39 is 41.1 Å². The van der Waals surface area contributed by atoms with E-state index in [0.717, 1.165) is 0 Å². The predicted octanol–water partition coefficient (Wildman–Crippen LogP) is 2.83. The highest BCUT2D eigenvalue weighted by Gasteiger charge is 2.57. The number of carbonyl (C=O) groups excluding carboxylic acids is 3. The molecule has 2 N–H and O–H groups in total. The van der Waals surface area contributed by atoms with Crippen LogP contribution in [-0.4, -0.2) is 46.7 Å². The van der Waals surface area contributed by atoms with E-state index in [1.807, 2.05) is 27.7 Å². The maximum Gasteiger partial charge on any atom is 0.317 e. The lowest BCUT2D eigenvalue weighted by Gasteiger charge is -2.43. The molecule has 0 amide bonds. The Morgan fingerprint density at radius 1 is 1.03 bits per heavy atom. The Morgan fingerprint density at radius 3 is 2.03 bits per heavy atom. The second kappa shape index (κ2) is 9.60. The smallest absolute Gasteiger partial charge is 0.317 e. The summed E-state index contributed by atoms with van der Waals surface area (Å²) in [4.78, 5) is 38.8. The van der Waals surface area contributed by atoms with E-state index in [9.17, 15) is 24.6 Å². The highest BCUT2D eigenvalue weighted by molar-refractivity contribution is 6.02. The third-order valence-electron chi connectivity index (χ3n) is 5.17. The summed E-state index contributed by atoms with van der Waals surface area (Å²) < 4.78 is 10.7. The fraction of sp³-hybridized carbons (Fsp3) is 0.609. The number of Topliss-reactive ketones (excluding diaryl/α,β-unsaturated/α-hetero) is 1. The first-order chi connectivity index (χ1) is 13.9. The minimum atomic E-state index is -1.69. The molecular formula is C23H32O7. The number of carbonyl (C=O) groups is 3. The van der Waals surface area contributed by atoms with Gasteiger partial charge in [-0.25, -0.2) is 0 Å². The van der Waals surface area contributed by atoms with Crippen LogP contribution in [0.3, 0.4) is 0 Å². The van der Waals surface area contributed by atoms with Crippen molar-refractivity contribution in [2.45, 2.75) is 52.6 Å². The maximum atomic E-state index is 13.0. The van der Waals surface area contributed by atoms with Gasteiger partial charge in [0.25, 0.3) is 0 Å². The fourth-order valence-corrected chi connectivity index (χ4v) is 3.79. The Balaban J connectivity index is 2.51. The summed E-state index contributed by atoms with van der Waals surface area (Å²) >= 11 is 0. The van der Waals surface area contributed by atoms with Gasteiger partial charge in [0, 0.05) is 12.3 Å². The van der Waals surface area contributed by atoms with Gasteiger partial charge < -0.3 is 19.7 Å². The van der Waals surface area contributed by atoms with Crippen molar-refractivity contribution in [2.75, 3.05) is 13.2 Å². The first kappa shape index (κ1) is 23.9. The molecule has 30 heavy (non-hydrogen) atoms. The van der Waals surface area contributed by atoms with E-state index >= 15 is 0 Å². The molecule has 0 radical (unpaired) electrons. The second-order valence-electron chi connectivity index (χ2n) is 9.12. The molecule has 166 valence electrons. The van der Waals surface area contributed by atoms with Crippen molar-refractivity contribution in [2.24, 2.45) is 23.7 Å². The molecular weight excluding hydrogens is 388 g/mol. The van der Waals surface area contributed by atoms with Gasteiger partial charge >= 0.3 is 11.9 Å². The average molecular weight is 421 g/mol. The van der Waals surface area contributed by atoms with Crippen LogP contribution < -0.4 is 0 Å². The standard InChI is InChI=1S/C23H32O7/c1-13(2)11-29-21(26)19-17(25)10-23(5,28)20(22(27)30-12-14(3)4)18(19)15-6-8-16(24)9-7-15/h6-9,13-14,18-20,24,28H,10-12H2,1-5H3/t18-,19+,20+,23-/m0/s1. The molecule has 1 aromatic rings. The van der Waals surface area contributed by atoms with Gasteiger partial charge in [-0.15, -0.1) is 0 Å². The molecule has 1 aliphatic carbocycles. The molecule has 0 bridgehead atoms. The van der Waals surface area contributed by atoms with Gasteiger partial charge in [-0.1, -0.05) is 39.8 Å². The number of ketones is 1. The lowest BCUT2D eigenvalue weighted by atomic mass is 9.61. The zero-order chi connectivity index (χ0) is 22.6. The van der Waals surface area contributed by atoms with Crippen LogP contribution >= 0.6 is 0 Å². The van der Waals surface area contributed by atoms with Crippen LogP contribution in [0.25, 0.3) is 0 Å². The van der Waals surface area contributed by atoms with E-state index in [1.54, 1.807) is 12.1 Å². The van der Waals surface area contributed by atoms with E-state index in [1.165, 1.54) is 19.1 Å². The lowest BCUT2D eigenvalue weighted by molar-refractivity contribution is -0.173. The van der Waals surface area contributed by atoms with Gasteiger partial charge in [-0.2, -0.15) is 0 Å². The van der Waals surface area contributed by atoms with Gasteiger partial charge in [0.1, 0.15) is 11.7 Å². The van der Waals surface area contributed by atoms with Crippen LogP contribution in [0.4, 0.5) is 0 Å². The molecule has 2 rings (SSSR count). The summed E-state index contributed by atoms with van der Waals surface area (Å²) in [7, 11) is 0. The molecule has 4 atom stereocenters. The second-order valence-corrected chi connectivity index (χ2v) is 9.12. The topological polar surface area (TPSA) is 110 Å². The van der Waals surface area contributed by atoms with Crippen molar-refractivity contribution >= 4 is 17.7 Å². The van der Waals surface area contributed by atoms with Gasteiger partial charge in [-0.3, -0.25) is 14.4 Å². The van der Waals surface area contributed by atoms with Gasteiger partial charge in [0.15, 0.2) is 5.78 Å². The number of benzene rings is 1. The van der Waals surface area contributed by atoms with E-state index in [4.69, 9.17) is 9.47 Å². The maximum absolute atomic E-state index is 13.0. The quantitative estimate of drug-likeness (QED) is 0.515. The highest BCUT2D eigenvalue weighted by Crippen LogP contribution is 2.47. The van der Waals surface area contributed by atoms with Crippen LogP contribution in [0.5, 0.6) is 5.75 Å². The fourth-order valence-electron chi connectivity index (χ4n) is 3.79. The number of aromatic hydroxyl groups is 1. The Hall–Kier alpha value is -2.41. The molecule has 0 saturated heterocycles. The number of esters is 2. The molecule has 1 saturated carbocycles. The zero-order valence-electron chi connectivity index (χ0n) is 18.3. The number of hydrogen-bond acceptors (Lipinski definition) is 7. The summed E-state index contributed by atoms with van der Waals surface area (Å²) in [6.45, 7) is 9.25. The van der Waals surface area contributed by atoms with Crippen molar-refractivity contribution in [3.8, 4) is 5.75 Å². The molecule has 0 unspecified atom stereocenters. The predicted molar refractivity (Wildman–Crippen MR) is 110 cm³/mol. The summed E-state index contributed by atoms with van der Waals surface area (Å²) in [6.07, 6.45) is -0.357. The number of ether oxygens (including phenoxy) is 2. The van der Waals surface area contributed by atoms with E-state index in [2.05, 4.69) is 0 Å². The van der Waals surface area contributed by atoms with Crippen LogP contribution in [0.1, 0.15) is 52.5 Å². The summed E-state index contributed by atoms with van der Waals surface area (Å²) in [5.74, 6) is -5.06.